The fourth-order valence-electron chi connectivity index (χ4n) is 8.29. The van der Waals surface area contributed by atoms with Crippen LogP contribution in [0.25, 0.3) is 67.5 Å². The monoisotopic (exact) mass is 634 g/mol. The molecule has 1 heterocycles. The lowest BCUT2D eigenvalue weighted by Gasteiger charge is -2.36. The summed E-state index contributed by atoms with van der Waals surface area (Å²) in [4.78, 5) is 0. The second-order valence-electron chi connectivity index (χ2n) is 13.1. The van der Waals surface area contributed by atoms with Crippen LogP contribution in [-0.4, -0.2) is 0 Å². The standard InChI is InChI=1S/C47H26N2O/c48-27-29-9-13-31(14-10-29)35-21-19-33-17-18-34-20-22-36(32-15-11-30(28-49)12-16-32)24-43(34)47(42(33)23-35)41-7-3-1-5-37(41)39-25-40-38-6-2-4-8-45(38)50-46(40)26-44(39)47/h1-26H. The second-order valence-corrected chi connectivity index (χ2v) is 13.1. The Morgan fingerprint density at radius 2 is 0.980 bits per heavy atom. The van der Waals surface area contributed by atoms with E-state index in [0.29, 0.717) is 11.1 Å². The van der Waals surface area contributed by atoms with Crippen molar-refractivity contribution in [3.8, 4) is 45.5 Å². The molecule has 0 radical (unpaired) electrons. The van der Waals surface area contributed by atoms with Crippen LogP contribution in [0, 0.1) is 22.7 Å². The summed E-state index contributed by atoms with van der Waals surface area (Å²) in [7, 11) is 0. The van der Waals surface area contributed by atoms with E-state index >= 15 is 0 Å². The predicted octanol–water partition coefficient (Wildman–Crippen LogP) is 11.5. The van der Waals surface area contributed by atoms with Gasteiger partial charge in [0.25, 0.3) is 0 Å². The van der Waals surface area contributed by atoms with Crippen LogP contribution in [0.5, 0.6) is 0 Å². The van der Waals surface area contributed by atoms with Crippen LogP contribution in [0.15, 0.2) is 150 Å². The number of nitriles is 2. The molecule has 1 spiro atoms. The smallest absolute Gasteiger partial charge is 0.135 e. The van der Waals surface area contributed by atoms with E-state index in [-0.39, 0.29) is 0 Å². The van der Waals surface area contributed by atoms with Crippen molar-refractivity contribution in [1.82, 2.24) is 0 Å². The van der Waals surface area contributed by atoms with Crippen molar-refractivity contribution in [2.24, 2.45) is 0 Å². The maximum Gasteiger partial charge on any atom is 0.135 e. The number of para-hydroxylation sites is 1. The molecule has 0 amide bonds. The molecule has 2 aliphatic carbocycles. The van der Waals surface area contributed by atoms with Crippen LogP contribution in [0.2, 0.25) is 0 Å². The van der Waals surface area contributed by atoms with E-state index in [4.69, 9.17) is 4.42 Å². The van der Waals surface area contributed by atoms with E-state index < -0.39 is 5.41 Å². The zero-order valence-corrected chi connectivity index (χ0v) is 26.8. The highest BCUT2D eigenvalue weighted by atomic mass is 16.3. The average Bonchev–Trinajstić information content (AvgIpc) is 3.64. The van der Waals surface area contributed by atoms with E-state index in [1.165, 1.54) is 33.4 Å². The lowest BCUT2D eigenvalue weighted by molar-refractivity contribution is 0.666. The van der Waals surface area contributed by atoms with Gasteiger partial charge in [-0.05, 0) is 121 Å². The van der Waals surface area contributed by atoms with Crippen molar-refractivity contribution in [2.45, 2.75) is 5.41 Å². The molecule has 2 aliphatic rings. The quantitative estimate of drug-likeness (QED) is 0.190. The lowest BCUT2D eigenvalue weighted by atomic mass is 9.65. The first-order valence-corrected chi connectivity index (χ1v) is 16.7. The number of furan rings is 1. The first-order valence-electron chi connectivity index (χ1n) is 16.7. The highest BCUT2D eigenvalue weighted by Gasteiger charge is 2.49. The van der Waals surface area contributed by atoms with Crippen LogP contribution >= 0.6 is 0 Å². The Labute approximate surface area is 289 Å². The number of hydrogen-bond donors (Lipinski definition) is 0. The molecule has 0 saturated heterocycles. The summed E-state index contributed by atoms with van der Waals surface area (Å²) in [5.74, 6) is 0. The van der Waals surface area contributed by atoms with E-state index in [2.05, 4.69) is 109 Å². The molecular weight excluding hydrogens is 609 g/mol. The minimum Gasteiger partial charge on any atom is -0.456 e. The molecule has 8 aromatic rings. The zero-order valence-electron chi connectivity index (χ0n) is 26.8. The molecule has 0 unspecified atom stereocenters. The molecule has 0 N–H and O–H groups in total. The minimum atomic E-state index is -0.682. The first kappa shape index (κ1) is 28.1. The Hall–Kier alpha value is -6.94. The average molecular weight is 635 g/mol. The third-order valence-electron chi connectivity index (χ3n) is 10.6. The first-order chi connectivity index (χ1) is 24.6. The van der Waals surface area contributed by atoms with Gasteiger partial charge in [-0.25, -0.2) is 0 Å². The molecule has 0 atom stereocenters. The van der Waals surface area contributed by atoms with Crippen LogP contribution < -0.4 is 0 Å². The van der Waals surface area contributed by atoms with Crippen LogP contribution in [0.1, 0.15) is 44.5 Å². The van der Waals surface area contributed by atoms with Crippen molar-refractivity contribution in [2.75, 3.05) is 0 Å². The molecule has 7 aromatic carbocycles. The third-order valence-corrected chi connectivity index (χ3v) is 10.6. The summed E-state index contributed by atoms with van der Waals surface area (Å²) >= 11 is 0. The van der Waals surface area contributed by atoms with Gasteiger partial charge in [0, 0.05) is 10.8 Å². The molecule has 0 bridgehead atoms. The normalized spacial score (nSPS) is 13.2. The van der Waals surface area contributed by atoms with Crippen LogP contribution in [0.3, 0.4) is 0 Å². The van der Waals surface area contributed by atoms with E-state index in [1.54, 1.807) is 0 Å². The molecule has 10 rings (SSSR count). The lowest BCUT2D eigenvalue weighted by Crippen LogP contribution is -2.30. The Bertz CT molecular complexity index is 2710. The Morgan fingerprint density at radius 3 is 1.60 bits per heavy atom. The largest absolute Gasteiger partial charge is 0.456 e. The Morgan fingerprint density at radius 1 is 0.420 bits per heavy atom. The summed E-state index contributed by atoms with van der Waals surface area (Å²) in [5, 5.41) is 21.2. The Balaban J connectivity index is 1.34. The van der Waals surface area contributed by atoms with Crippen molar-refractivity contribution in [1.29, 1.82) is 10.5 Å². The van der Waals surface area contributed by atoms with Crippen molar-refractivity contribution in [3.63, 3.8) is 0 Å². The molecule has 1 aromatic heterocycles. The van der Waals surface area contributed by atoms with E-state index in [1.807, 2.05) is 60.7 Å². The van der Waals surface area contributed by atoms with Gasteiger partial charge in [-0.1, -0.05) is 103 Å². The molecule has 3 nitrogen and oxygen atoms in total. The minimum absolute atomic E-state index is 0.640. The topological polar surface area (TPSA) is 60.7 Å². The second kappa shape index (κ2) is 10.5. The summed E-state index contributed by atoms with van der Waals surface area (Å²) in [6, 6.07) is 55.4. The fraction of sp³-hybridized carbons (Fsp3) is 0.0213. The molecule has 0 fully saturated rings. The molecule has 230 valence electrons. The summed E-state index contributed by atoms with van der Waals surface area (Å²) in [5.41, 5.74) is 16.1. The highest BCUT2D eigenvalue weighted by Crippen LogP contribution is 2.60. The number of benzene rings is 7. The van der Waals surface area contributed by atoms with Gasteiger partial charge >= 0.3 is 0 Å². The zero-order chi connectivity index (χ0) is 33.4. The van der Waals surface area contributed by atoms with Gasteiger partial charge in [0.1, 0.15) is 11.2 Å². The molecule has 0 saturated carbocycles. The van der Waals surface area contributed by atoms with Crippen molar-refractivity contribution in [3.05, 3.63) is 190 Å². The summed E-state index contributed by atoms with van der Waals surface area (Å²) < 4.78 is 6.58. The molecular formula is C47H26N2O. The number of fused-ring (bicyclic) bond motifs is 12. The summed E-state index contributed by atoms with van der Waals surface area (Å²) in [6.45, 7) is 0. The van der Waals surface area contributed by atoms with Gasteiger partial charge in [0.2, 0.25) is 0 Å². The van der Waals surface area contributed by atoms with Gasteiger partial charge in [0.05, 0.1) is 28.7 Å². The molecule has 3 heteroatoms. The van der Waals surface area contributed by atoms with Gasteiger partial charge < -0.3 is 4.42 Å². The van der Waals surface area contributed by atoms with Gasteiger partial charge in [-0.3, -0.25) is 0 Å². The number of nitrogens with zero attached hydrogens (tertiary/aromatic N) is 2. The maximum absolute atomic E-state index is 9.48. The molecule has 50 heavy (non-hydrogen) atoms. The Kier molecular flexibility index (Phi) is 5.92. The van der Waals surface area contributed by atoms with Crippen LogP contribution in [0.4, 0.5) is 0 Å². The SMILES string of the molecule is N#Cc1ccc(-c2ccc3c(c2)C2(c4cc(-c5ccc(C#N)cc5)ccc4C=C3)c3ccccc3-c3cc4c(cc32)oc2ccccc24)cc1. The van der Waals surface area contributed by atoms with Crippen LogP contribution in [-0.2, 0) is 5.41 Å². The number of hydrogen-bond acceptors (Lipinski definition) is 3. The van der Waals surface area contributed by atoms with E-state index in [9.17, 15) is 10.5 Å². The fourth-order valence-corrected chi connectivity index (χ4v) is 8.29. The van der Waals surface area contributed by atoms with Crippen molar-refractivity contribution < 1.29 is 4.42 Å². The van der Waals surface area contributed by atoms with Gasteiger partial charge in [-0.2, -0.15) is 10.5 Å². The van der Waals surface area contributed by atoms with E-state index in [0.717, 1.165) is 55.3 Å². The summed E-state index contributed by atoms with van der Waals surface area (Å²) in [6.07, 6.45) is 4.49. The highest BCUT2D eigenvalue weighted by molar-refractivity contribution is 6.08. The predicted molar refractivity (Wildman–Crippen MR) is 200 cm³/mol. The van der Waals surface area contributed by atoms with Gasteiger partial charge in [-0.15, -0.1) is 0 Å². The number of rotatable bonds is 2. The van der Waals surface area contributed by atoms with Gasteiger partial charge in [0.15, 0.2) is 0 Å². The third kappa shape index (κ3) is 3.90. The molecule has 0 aliphatic heterocycles. The maximum atomic E-state index is 9.48. The van der Waals surface area contributed by atoms with Crippen molar-refractivity contribution >= 4 is 34.1 Å².